The Labute approximate surface area is 163 Å². The highest BCUT2D eigenvalue weighted by atomic mass is 35.5. The van der Waals surface area contributed by atoms with Crippen LogP contribution in [0.15, 0.2) is 30.5 Å². The van der Waals surface area contributed by atoms with Crippen LogP contribution in [-0.2, 0) is 0 Å². The van der Waals surface area contributed by atoms with Crippen molar-refractivity contribution in [3.8, 4) is 5.69 Å². The van der Waals surface area contributed by atoms with Crippen molar-refractivity contribution >= 4 is 28.5 Å². The number of hydrogen-bond donors (Lipinski definition) is 0. The number of hydrogen-bond acceptors (Lipinski definition) is 5. The predicted octanol–water partition coefficient (Wildman–Crippen LogP) is 3.45. The molecule has 0 amide bonds. The molecule has 1 aromatic carbocycles. The average molecular weight is 383 g/mol. The Hall–Kier alpha value is -2.18. The largest absolute Gasteiger partial charge is 0.354 e. The van der Waals surface area contributed by atoms with E-state index in [1.807, 2.05) is 42.1 Å². The maximum atomic E-state index is 6.17. The molecule has 0 aliphatic carbocycles. The van der Waals surface area contributed by atoms with Crippen LogP contribution in [0.2, 0.25) is 5.02 Å². The van der Waals surface area contributed by atoms with Gasteiger partial charge in [-0.05, 0) is 57.5 Å². The van der Waals surface area contributed by atoms with Crippen LogP contribution in [0, 0.1) is 6.92 Å². The van der Waals surface area contributed by atoms with Crippen molar-refractivity contribution in [2.45, 2.75) is 32.2 Å². The Bertz CT molecular complexity index is 978. The number of halogens is 1. The third-order valence-electron chi connectivity index (χ3n) is 5.69. The first kappa shape index (κ1) is 17.0. The standard InChI is InChI=1S/C20H23ClN6/c1-14-23-19(26-10-7-17(13-26)25-8-2-3-9-25)18-12-22-27(20(18)24-14)16-6-4-5-15(21)11-16/h4-6,11-12,17H,2-3,7-10,13H2,1H3. The molecule has 3 aromatic rings. The lowest BCUT2D eigenvalue weighted by Gasteiger charge is -2.24. The maximum Gasteiger partial charge on any atom is 0.168 e. The zero-order chi connectivity index (χ0) is 18.4. The predicted molar refractivity (Wildman–Crippen MR) is 108 cm³/mol. The van der Waals surface area contributed by atoms with E-state index in [1.54, 1.807) is 0 Å². The number of benzene rings is 1. The Morgan fingerprint density at radius 3 is 2.78 bits per heavy atom. The Morgan fingerprint density at radius 1 is 1.11 bits per heavy atom. The summed E-state index contributed by atoms with van der Waals surface area (Å²) in [6, 6.07) is 8.34. The van der Waals surface area contributed by atoms with Gasteiger partial charge in [0.15, 0.2) is 5.65 Å². The molecule has 0 N–H and O–H groups in total. The second kappa shape index (κ2) is 6.77. The molecular formula is C20H23ClN6. The highest BCUT2D eigenvalue weighted by Crippen LogP contribution is 2.30. The Balaban J connectivity index is 1.52. The van der Waals surface area contributed by atoms with E-state index in [9.17, 15) is 0 Å². The second-order valence-corrected chi connectivity index (χ2v) is 7.94. The van der Waals surface area contributed by atoms with Crippen LogP contribution >= 0.6 is 11.6 Å². The highest BCUT2D eigenvalue weighted by molar-refractivity contribution is 6.30. The normalized spacial score (nSPS) is 20.8. The fourth-order valence-corrected chi connectivity index (χ4v) is 4.56. The van der Waals surface area contributed by atoms with Gasteiger partial charge in [-0.25, -0.2) is 14.6 Å². The van der Waals surface area contributed by atoms with E-state index in [4.69, 9.17) is 16.6 Å². The molecule has 1 atom stereocenters. The van der Waals surface area contributed by atoms with Gasteiger partial charge in [-0.15, -0.1) is 0 Å². The molecule has 2 aliphatic heterocycles. The van der Waals surface area contributed by atoms with Gasteiger partial charge in [0.2, 0.25) is 0 Å². The summed E-state index contributed by atoms with van der Waals surface area (Å²) < 4.78 is 1.85. The van der Waals surface area contributed by atoms with Gasteiger partial charge in [-0.1, -0.05) is 17.7 Å². The minimum Gasteiger partial charge on any atom is -0.354 e. The Morgan fingerprint density at radius 2 is 1.96 bits per heavy atom. The van der Waals surface area contributed by atoms with Crippen molar-refractivity contribution in [2.24, 2.45) is 0 Å². The van der Waals surface area contributed by atoms with Crippen molar-refractivity contribution in [3.05, 3.63) is 41.3 Å². The smallest absolute Gasteiger partial charge is 0.168 e. The lowest BCUT2D eigenvalue weighted by Crippen LogP contribution is -2.35. The van der Waals surface area contributed by atoms with E-state index >= 15 is 0 Å². The van der Waals surface area contributed by atoms with Gasteiger partial charge in [0.05, 0.1) is 17.3 Å². The van der Waals surface area contributed by atoms with Gasteiger partial charge >= 0.3 is 0 Å². The molecule has 0 radical (unpaired) electrons. The topological polar surface area (TPSA) is 50.1 Å². The van der Waals surface area contributed by atoms with Crippen LogP contribution in [0.1, 0.15) is 25.1 Å². The quantitative estimate of drug-likeness (QED) is 0.694. The maximum absolute atomic E-state index is 6.17. The third-order valence-corrected chi connectivity index (χ3v) is 5.93. The summed E-state index contributed by atoms with van der Waals surface area (Å²) in [4.78, 5) is 14.5. The summed E-state index contributed by atoms with van der Waals surface area (Å²) in [6.45, 7) is 6.50. The fraction of sp³-hybridized carbons (Fsp3) is 0.450. The van der Waals surface area contributed by atoms with Gasteiger partial charge in [-0.2, -0.15) is 5.10 Å². The van der Waals surface area contributed by atoms with Crippen LogP contribution in [0.5, 0.6) is 0 Å². The van der Waals surface area contributed by atoms with Gasteiger partial charge < -0.3 is 4.90 Å². The number of anilines is 1. The van der Waals surface area contributed by atoms with Gasteiger partial charge in [-0.3, -0.25) is 4.90 Å². The molecule has 2 aromatic heterocycles. The molecule has 5 rings (SSSR count). The van der Waals surface area contributed by atoms with Crippen LogP contribution < -0.4 is 4.90 Å². The molecule has 0 spiro atoms. The molecule has 2 saturated heterocycles. The summed E-state index contributed by atoms with van der Waals surface area (Å²) in [7, 11) is 0. The molecule has 2 fully saturated rings. The zero-order valence-electron chi connectivity index (χ0n) is 15.5. The van der Waals surface area contributed by atoms with Gasteiger partial charge in [0.1, 0.15) is 11.6 Å². The average Bonchev–Trinajstić information content (AvgIpc) is 3.40. The van der Waals surface area contributed by atoms with Crippen LogP contribution in [0.25, 0.3) is 16.7 Å². The second-order valence-electron chi connectivity index (χ2n) is 7.50. The molecule has 7 heteroatoms. The summed E-state index contributed by atoms with van der Waals surface area (Å²) in [5.74, 6) is 1.78. The molecule has 27 heavy (non-hydrogen) atoms. The third kappa shape index (κ3) is 3.07. The highest BCUT2D eigenvalue weighted by Gasteiger charge is 2.31. The number of fused-ring (bicyclic) bond motifs is 1. The molecule has 0 saturated carbocycles. The minimum atomic E-state index is 0.640. The number of nitrogens with zero attached hydrogens (tertiary/aromatic N) is 6. The molecule has 2 aliphatic rings. The SMILES string of the molecule is Cc1nc(N2CCC(N3CCCC3)C2)c2cnn(-c3cccc(Cl)c3)c2n1. The van der Waals surface area contributed by atoms with Gasteiger partial charge in [0.25, 0.3) is 0 Å². The van der Waals surface area contributed by atoms with Crippen LogP contribution in [0.4, 0.5) is 5.82 Å². The monoisotopic (exact) mass is 382 g/mol. The van der Waals surface area contributed by atoms with E-state index in [-0.39, 0.29) is 0 Å². The van der Waals surface area contributed by atoms with E-state index in [0.717, 1.165) is 41.5 Å². The molecule has 6 nitrogen and oxygen atoms in total. The van der Waals surface area contributed by atoms with E-state index in [0.29, 0.717) is 11.1 Å². The summed E-state index contributed by atoms with van der Waals surface area (Å²) in [6.07, 6.45) is 5.75. The first-order valence-corrected chi connectivity index (χ1v) is 10.0. The number of aryl methyl sites for hydroxylation is 1. The lowest BCUT2D eigenvalue weighted by molar-refractivity contribution is 0.260. The van der Waals surface area contributed by atoms with Crippen molar-refractivity contribution in [3.63, 3.8) is 0 Å². The Kier molecular flexibility index (Phi) is 4.25. The number of rotatable bonds is 3. The van der Waals surface area contributed by atoms with Crippen LogP contribution in [-0.4, -0.2) is 56.9 Å². The van der Waals surface area contributed by atoms with Crippen molar-refractivity contribution in [2.75, 3.05) is 31.1 Å². The number of likely N-dealkylation sites (tertiary alicyclic amines) is 1. The first-order valence-electron chi connectivity index (χ1n) is 9.66. The lowest BCUT2D eigenvalue weighted by atomic mass is 10.2. The van der Waals surface area contributed by atoms with E-state index in [1.165, 1.54) is 32.4 Å². The first-order chi connectivity index (χ1) is 13.2. The van der Waals surface area contributed by atoms with Crippen molar-refractivity contribution in [1.29, 1.82) is 0 Å². The minimum absolute atomic E-state index is 0.640. The molecule has 140 valence electrons. The molecular weight excluding hydrogens is 360 g/mol. The zero-order valence-corrected chi connectivity index (χ0v) is 16.2. The number of aromatic nitrogens is 4. The summed E-state index contributed by atoms with van der Waals surface area (Å²) in [5.41, 5.74) is 1.75. The fourth-order valence-electron chi connectivity index (χ4n) is 4.38. The van der Waals surface area contributed by atoms with E-state index in [2.05, 4.69) is 19.9 Å². The molecule has 1 unspecified atom stereocenters. The van der Waals surface area contributed by atoms with Crippen LogP contribution in [0.3, 0.4) is 0 Å². The van der Waals surface area contributed by atoms with Crippen molar-refractivity contribution in [1.82, 2.24) is 24.6 Å². The molecule has 0 bridgehead atoms. The van der Waals surface area contributed by atoms with Gasteiger partial charge in [0, 0.05) is 24.2 Å². The summed E-state index contributed by atoms with van der Waals surface area (Å²) >= 11 is 6.17. The van der Waals surface area contributed by atoms with Crippen molar-refractivity contribution < 1.29 is 0 Å². The molecule has 4 heterocycles. The van der Waals surface area contributed by atoms with E-state index < -0.39 is 0 Å². The summed E-state index contributed by atoms with van der Waals surface area (Å²) in [5, 5.41) is 6.29.